The predicted octanol–water partition coefficient (Wildman–Crippen LogP) is 1.29. The van der Waals surface area contributed by atoms with Crippen LogP contribution in [0.5, 0.6) is 0 Å². The summed E-state index contributed by atoms with van der Waals surface area (Å²) in [5.74, 6) is 0.0807. The lowest BCUT2D eigenvalue weighted by atomic mass is 10.3. The van der Waals surface area contributed by atoms with E-state index in [0.717, 1.165) is 4.88 Å². The first-order valence-corrected chi connectivity index (χ1v) is 5.61. The number of carbonyl (C=O) groups excluding carboxylic acids is 1. The molecule has 1 amide bonds. The summed E-state index contributed by atoms with van der Waals surface area (Å²) < 4.78 is 0. The minimum absolute atomic E-state index is 0.211. The molecule has 6 heteroatoms. The summed E-state index contributed by atoms with van der Waals surface area (Å²) in [7, 11) is 0. The number of aromatic nitrogens is 2. The van der Waals surface area contributed by atoms with E-state index >= 15 is 0 Å². The van der Waals surface area contributed by atoms with Gasteiger partial charge in [0.05, 0.1) is 12.7 Å². The molecule has 2 rings (SSSR count). The Labute approximate surface area is 96.7 Å². The van der Waals surface area contributed by atoms with E-state index in [1.807, 2.05) is 19.1 Å². The van der Waals surface area contributed by atoms with Crippen molar-refractivity contribution < 1.29 is 4.79 Å². The number of aryl methyl sites for hydroxylation is 1. The average molecular weight is 236 g/mol. The van der Waals surface area contributed by atoms with E-state index in [2.05, 4.69) is 15.5 Å². The van der Waals surface area contributed by atoms with Crippen LogP contribution >= 0.6 is 11.3 Å². The minimum atomic E-state index is -0.211. The summed E-state index contributed by atoms with van der Waals surface area (Å²) in [4.78, 5) is 14.0. The number of nitrogen functional groups attached to an aromatic ring is 1. The highest BCUT2D eigenvalue weighted by Crippen LogP contribution is 2.15. The van der Waals surface area contributed by atoms with Gasteiger partial charge in [0.1, 0.15) is 11.4 Å². The number of thiophene rings is 1. The van der Waals surface area contributed by atoms with Gasteiger partial charge in [-0.05, 0) is 19.1 Å². The average Bonchev–Trinajstić information content (AvgIpc) is 2.84. The van der Waals surface area contributed by atoms with Gasteiger partial charge in [0, 0.05) is 9.75 Å². The maximum Gasteiger partial charge on any atom is 0.256 e. The number of hydrogen-bond acceptors (Lipinski definition) is 4. The Morgan fingerprint density at radius 1 is 1.62 bits per heavy atom. The molecule has 2 heterocycles. The molecular formula is C10H12N4OS. The number of amides is 1. The molecule has 84 valence electrons. The van der Waals surface area contributed by atoms with Crippen molar-refractivity contribution in [3.63, 3.8) is 0 Å². The van der Waals surface area contributed by atoms with E-state index in [9.17, 15) is 4.79 Å². The van der Waals surface area contributed by atoms with Crippen molar-refractivity contribution >= 4 is 23.1 Å². The van der Waals surface area contributed by atoms with Gasteiger partial charge in [-0.2, -0.15) is 5.10 Å². The Kier molecular flexibility index (Phi) is 2.91. The molecule has 0 aromatic carbocycles. The summed E-state index contributed by atoms with van der Waals surface area (Å²) in [6.45, 7) is 2.55. The van der Waals surface area contributed by atoms with Crippen LogP contribution in [-0.4, -0.2) is 16.1 Å². The van der Waals surface area contributed by atoms with Crippen LogP contribution in [0.3, 0.4) is 0 Å². The smallest absolute Gasteiger partial charge is 0.256 e. The van der Waals surface area contributed by atoms with Crippen molar-refractivity contribution in [2.45, 2.75) is 13.5 Å². The predicted molar refractivity (Wildman–Crippen MR) is 63.2 cm³/mol. The lowest BCUT2D eigenvalue weighted by molar-refractivity contribution is 0.0952. The highest BCUT2D eigenvalue weighted by Gasteiger charge is 2.11. The van der Waals surface area contributed by atoms with Crippen molar-refractivity contribution in [3.8, 4) is 0 Å². The molecule has 0 fully saturated rings. The molecule has 0 atom stereocenters. The SMILES string of the molecule is Cc1ccc(CNC(=O)c2cn[nH]c2N)s1. The van der Waals surface area contributed by atoms with Crippen LogP contribution in [0.1, 0.15) is 20.1 Å². The molecule has 0 saturated heterocycles. The van der Waals surface area contributed by atoms with E-state index in [1.165, 1.54) is 11.1 Å². The van der Waals surface area contributed by atoms with Crippen LogP contribution in [0.15, 0.2) is 18.3 Å². The summed E-state index contributed by atoms with van der Waals surface area (Å²) >= 11 is 1.66. The number of carbonyl (C=O) groups is 1. The second-order valence-corrected chi connectivity index (χ2v) is 4.76. The van der Waals surface area contributed by atoms with Gasteiger partial charge in [0.2, 0.25) is 0 Å². The van der Waals surface area contributed by atoms with Gasteiger partial charge in [0.15, 0.2) is 0 Å². The monoisotopic (exact) mass is 236 g/mol. The van der Waals surface area contributed by atoms with Gasteiger partial charge >= 0.3 is 0 Å². The second-order valence-electron chi connectivity index (χ2n) is 3.39. The number of rotatable bonds is 3. The Morgan fingerprint density at radius 3 is 3.00 bits per heavy atom. The molecule has 5 nitrogen and oxygen atoms in total. The first kappa shape index (κ1) is 10.7. The lowest BCUT2D eigenvalue weighted by Gasteiger charge is -2.01. The first-order valence-electron chi connectivity index (χ1n) is 4.79. The Balaban J connectivity index is 1.96. The van der Waals surface area contributed by atoms with E-state index < -0.39 is 0 Å². The maximum absolute atomic E-state index is 11.7. The maximum atomic E-state index is 11.7. The molecule has 0 spiro atoms. The first-order chi connectivity index (χ1) is 7.66. The molecule has 2 aromatic heterocycles. The fourth-order valence-electron chi connectivity index (χ4n) is 1.32. The highest BCUT2D eigenvalue weighted by molar-refractivity contribution is 7.11. The number of nitrogens with one attached hydrogen (secondary N) is 2. The number of hydrogen-bond donors (Lipinski definition) is 3. The summed E-state index contributed by atoms with van der Waals surface area (Å²) in [5.41, 5.74) is 5.92. The van der Waals surface area contributed by atoms with Crippen LogP contribution in [0, 0.1) is 6.92 Å². The van der Waals surface area contributed by atoms with Gasteiger partial charge in [-0.25, -0.2) is 0 Å². The third-order valence-corrected chi connectivity index (χ3v) is 3.13. The zero-order valence-corrected chi connectivity index (χ0v) is 9.60. The van der Waals surface area contributed by atoms with Crippen molar-refractivity contribution in [2.24, 2.45) is 0 Å². The van der Waals surface area contributed by atoms with Crippen molar-refractivity contribution in [1.29, 1.82) is 0 Å². The number of H-pyrrole nitrogens is 1. The minimum Gasteiger partial charge on any atom is -0.383 e. The Hall–Kier alpha value is -1.82. The summed E-state index contributed by atoms with van der Waals surface area (Å²) in [6, 6.07) is 4.03. The van der Waals surface area contributed by atoms with Gasteiger partial charge in [-0.15, -0.1) is 11.3 Å². The molecule has 16 heavy (non-hydrogen) atoms. The van der Waals surface area contributed by atoms with E-state index in [0.29, 0.717) is 17.9 Å². The molecule has 0 unspecified atom stereocenters. The van der Waals surface area contributed by atoms with Crippen molar-refractivity contribution in [2.75, 3.05) is 5.73 Å². The molecule has 0 saturated carbocycles. The molecule has 0 aliphatic heterocycles. The van der Waals surface area contributed by atoms with E-state index in [1.54, 1.807) is 11.3 Å². The molecule has 2 aromatic rings. The number of nitrogens with two attached hydrogens (primary N) is 1. The quantitative estimate of drug-likeness (QED) is 0.750. The zero-order chi connectivity index (χ0) is 11.5. The fraction of sp³-hybridized carbons (Fsp3) is 0.200. The highest BCUT2D eigenvalue weighted by atomic mass is 32.1. The molecule has 0 aliphatic rings. The standard InChI is InChI=1S/C10H12N4OS/c1-6-2-3-7(16-6)4-12-10(15)8-5-13-14-9(8)11/h2-3,5H,4H2,1H3,(H,12,15)(H3,11,13,14). The topological polar surface area (TPSA) is 83.8 Å². The Bertz CT molecular complexity index is 502. The van der Waals surface area contributed by atoms with E-state index in [-0.39, 0.29) is 5.91 Å². The normalized spacial score (nSPS) is 10.3. The molecule has 0 aliphatic carbocycles. The lowest BCUT2D eigenvalue weighted by Crippen LogP contribution is -2.22. The third kappa shape index (κ3) is 2.22. The van der Waals surface area contributed by atoms with Crippen molar-refractivity contribution in [1.82, 2.24) is 15.5 Å². The van der Waals surface area contributed by atoms with Crippen LogP contribution in [0.4, 0.5) is 5.82 Å². The molecular weight excluding hydrogens is 224 g/mol. The molecule has 0 radical (unpaired) electrons. The third-order valence-electron chi connectivity index (χ3n) is 2.13. The van der Waals surface area contributed by atoms with E-state index in [4.69, 9.17) is 5.73 Å². The number of nitrogens with zero attached hydrogens (tertiary/aromatic N) is 1. The molecule has 0 bridgehead atoms. The van der Waals surface area contributed by atoms with Gasteiger partial charge < -0.3 is 11.1 Å². The fourth-order valence-corrected chi connectivity index (χ4v) is 2.15. The summed E-state index contributed by atoms with van der Waals surface area (Å²) in [6.07, 6.45) is 1.42. The van der Waals surface area contributed by atoms with Crippen LogP contribution in [0.2, 0.25) is 0 Å². The number of aromatic amines is 1. The summed E-state index contributed by atoms with van der Waals surface area (Å²) in [5, 5.41) is 9.00. The van der Waals surface area contributed by atoms with Crippen LogP contribution in [-0.2, 0) is 6.54 Å². The van der Waals surface area contributed by atoms with Gasteiger partial charge in [0.25, 0.3) is 5.91 Å². The Morgan fingerprint density at radius 2 is 2.44 bits per heavy atom. The van der Waals surface area contributed by atoms with Crippen molar-refractivity contribution in [3.05, 3.63) is 33.6 Å². The number of anilines is 1. The van der Waals surface area contributed by atoms with Crippen LogP contribution < -0.4 is 11.1 Å². The second kappa shape index (κ2) is 4.36. The largest absolute Gasteiger partial charge is 0.383 e. The van der Waals surface area contributed by atoms with Gasteiger partial charge in [-0.3, -0.25) is 9.89 Å². The zero-order valence-electron chi connectivity index (χ0n) is 8.78. The van der Waals surface area contributed by atoms with Crippen LogP contribution in [0.25, 0.3) is 0 Å². The molecule has 4 N–H and O–H groups in total. The van der Waals surface area contributed by atoms with Gasteiger partial charge in [-0.1, -0.05) is 0 Å².